The highest BCUT2D eigenvalue weighted by Gasteiger charge is 2.29. The average molecular weight is 567 g/mol. The fourth-order valence-corrected chi connectivity index (χ4v) is 6.51. The first-order valence-corrected chi connectivity index (χ1v) is 15.5. The Bertz CT molecular complexity index is 1340. The summed E-state index contributed by atoms with van der Waals surface area (Å²) in [4.78, 5) is 25.2. The van der Waals surface area contributed by atoms with E-state index in [0.29, 0.717) is 52.4 Å². The predicted molar refractivity (Wildman–Crippen MR) is 164 cm³/mol. The maximum atomic E-state index is 13.3. The molecule has 1 aromatic heterocycles. The molecule has 0 aromatic carbocycles. The van der Waals surface area contributed by atoms with Gasteiger partial charge in [-0.05, 0) is 80.6 Å². The van der Waals surface area contributed by atoms with Crippen molar-refractivity contribution in [1.82, 2.24) is 14.8 Å². The van der Waals surface area contributed by atoms with Gasteiger partial charge in [-0.2, -0.15) is 10.6 Å². The first kappa shape index (κ1) is 29.9. The molecule has 0 saturated carbocycles. The monoisotopic (exact) mass is 566 g/mol. The number of rotatable bonds is 6. The number of aromatic amines is 1. The quantitative estimate of drug-likeness (QED) is 0.337. The van der Waals surface area contributed by atoms with Crippen molar-refractivity contribution in [3.8, 4) is 5.88 Å². The molecule has 4 rings (SSSR count). The van der Waals surface area contributed by atoms with Crippen LogP contribution in [0.5, 0.6) is 5.88 Å². The molecule has 2 aliphatic heterocycles. The van der Waals surface area contributed by atoms with Gasteiger partial charge in [0.25, 0.3) is 5.91 Å². The van der Waals surface area contributed by atoms with Crippen LogP contribution in [0.15, 0.2) is 81.0 Å². The molecule has 3 heterocycles. The van der Waals surface area contributed by atoms with Crippen LogP contribution in [-0.2, 0) is 4.79 Å². The first-order chi connectivity index (χ1) is 19.0. The molecule has 0 spiro atoms. The van der Waals surface area contributed by atoms with Crippen molar-refractivity contribution < 1.29 is 19.0 Å². The summed E-state index contributed by atoms with van der Waals surface area (Å²) in [7, 11) is -1.09. The molecule has 216 valence electrons. The van der Waals surface area contributed by atoms with Crippen molar-refractivity contribution in [1.29, 1.82) is 0 Å². The molecular weight excluding hydrogens is 524 g/mol. The number of piperazine rings is 1. The van der Waals surface area contributed by atoms with Gasteiger partial charge in [0.15, 0.2) is 5.88 Å². The number of nitrogens with zero attached hydrogens (tertiary/aromatic N) is 3. The average Bonchev–Trinajstić information content (AvgIpc) is 3.23. The molecule has 1 fully saturated rings. The second-order valence-corrected chi connectivity index (χ2v) is 13.2. The molecule has 1 saturated heterocycles. The molecule has 1 aromatic rings. The van der Waals surface area contributed by atoms with Crippen molar-refractivity contribution in [2.24, 2.45) is 16.8 Å². The number of allylic oxidation sites excluding steroid dienone is 4. The summed E-state index contributed by atoms with van der Waals surface area (Å²) in [6.07, 6.45) is 10.4. The van der Waals surface area contributed by atoms with E-state index < -0.39 is 10.6 Å². The van der Waals surface area contributed by atoms with Gasteiger partial charge >= 0.3 is 0 Å². The highest BCUT2D eigenvalue weighted by molar-refractivity contribution is 8.24. The lowest BCUT2D eigenvalue weighted by atomic mass is 9.88. The number of likely N-dealkylation sites (N-methyl/N-ethyl adjacent to an activating group) is 1. The normalized spacial score (nSPS) is 21.6. The number of aliphatic imine (C=N–C) groups is 1. The number of H-pyrrole nitrogens is 1. The number of hydrogen-bond donors (Lipinski definition) is 4. The molecule has 0 radical (unpaired) electrons. The van der Waals surface area contributed by atoms with Gasteiger partial charge in [0.05, 0.1) is 27.6 Å². The third-order valence-electron chi connectivity index (χ3n) is 7.79. The predicted octanol–water partition coefficient (Wildman–Crippen LogP) is 6.02. The molecule has 1 aliphatic carbocycles. The van der Waals surface area contributed by atoms with E-state index in [1.165, 1.54) is 6.20 Å². The molecule has 8 nitrogen and oxygen atoms in total. The van der Waals surface area contributed by atoms with E-state index in [9.17, 15) is 19.0 Å². The van der Waals surface area contributed by atoms with Gasteiger partial charge in [-0.1, -0.05) is 32.1 Å². The van der Waals surface area contributed by atoms with Crippen LogP contribution in [-0.4, -0.2) is 79.6 Å². The summed E-state index contributed by atoms with van der Waals surface area (Å²) in [5.74, 6) is 0.990. The van der Waals surface area contributed by atoms with Crippen LogP contribution in [0.4, 0.5) is 0 Å². The van der Waals surface area contributed by atoms with Gasteiger partial charge in [-0.25, -0.2) is 0 Å². The lowest BCUT2D eigenvalue weighted by Crippen LogP contribution is -2.48. The molecule has 1 amide bonds. The Hall–Kier alpha value is -3.11. The first-order valence-electron chi connectivity index (χ1n) is 13.8. The fourth-order valence-electron chi connectivity index (χ4n) is 5.08. The van der Waals surface area contributed by atoms with Crippen LogP contribution < -0.4 is 0 Å². The Kier molecular flexibility index (Phi) is 9.41. The molecule has 0 bridgehead atoms. The lowest BCUT2D eigenvalue weighted by molar-refractivity contribution is -0.128. The van der Waals surface area contributed by atoms with Gasteiger partial charge in [0.2, 0.25) is 0 Å². The summed E-state index contributed by atoms with van der Waals surface area (Å²) in [5.41, 5.74) is 3.89. The van der Waals surface area contributed by atoms with Crippen molar-refractivity contribution in [3.63, 3.8) is 0 Å². The van der Waals surface area contributed by atoms with Gasteiger partial charge in [-0.3, -0.25) is 18.9 Å². The number of amides is 1. The van der Waals surface area contributed by atoms with Crippen LogP contribution in [0.25, 0.3) is 6.08 Å². The number of aromatic nitrogens is 1. The van der Waals surface area contributed by atoms with Crippen LogP contribution in [0, 0.1) is 11.8 Å². The van der Waals surface area contributed by atoms with Gasteiger partial charge < -0.3 is 19.9 Å². The third kappa shape index (κ3) is 6.96. The molecule has 3 aliphatic rings. The minimum Gasteiger partial charge on any atom is -0.494 e. The Morgan fingerprint density at radius 3 is 2.55 bits per heavy atom. The summed E-state index contributed by atoms with van der Waals surface area (Å²) >= 11 is 0. The Morgan fingerprint density at radius 2 is 1.90 bits per heavy atom. The summed E-state index contributed by atoms with van der Waals surface area (Å²) in [5, 5.41) is 10.8. The lowest BCUT2D eigenvalue weighted by Gasteiger charge is -2.33. The maximum absolute atomic E-state index is 13.3. The van der Waals surface area contributed by atoms with Crippen molar-refractivity contribution >= 4 is 28.3 Å². The fraction of sp³-hybridized carbons (Fsp3) is 0.419. The molecule has 40 heavy (non-hydrogen) atoms. The minimum absolute atomic E-state index is 0.0236. The number of carbonyl (C=O) groups is 1. The van der Waals surface area contributed by atoms with E-state index in [1.807, 2.05) is 24.8 Å². The standard InChI is InChI=1S/C31H42N4O4S/c1-21(2)25-10-8-24(9-11-25)20-40(38,39)27-7-6-14-32-30(36)26(12-13-27)19-28-22(3)29(23(4)33-28)31(37)35-17-15-34(5)16-18-35/h6-10,12-14,19,21,25,32,36,38-39H,11,15-18,20H2,1-5H3. The second kappa shape index (κ2) is 12.6. The van der Waals surface area contributed by atoms with E-state index >= 15 is 0 Å². The van der Waals surface area contributed by atoms with Gasteiger partial charge in [-0.15, -0.1) is 0 Å². The largest absolute Gasteiger partial charge is 0.494 e. The minimum atomic E-state index is -3.14. The van der Waals surface area contributed by atoms with Crippen LogP contribution in [0.2, 0.25) is 0 Å². The second-order valence-electron chi connectivity index (χ2n) is 11.1. The Morgan fingerprint density at radius 1 is 1.18 bits per heavy atom. The highest BCUT2D eigenvalue weighted by Crippen LogP contribution is 2.49. The van der Waals surface area contributed by atoms with Crippen LogP contribution in [0.3, 0.4) is 0 Å². The van der Waals surface area contributed by atoms with E-state index in [4.69, 9.17) is 0 Å². The van der Waals surface area contributed by atoms with E-state index in [0.717, 1.165) is 30.7 Å². The summed E-state index contributed by atoms with van der Waals surface area (Å²) < 4.78 is 22.3. The van der Waals surface area contributed by atoms with E-state index in [1.54, 1.807) is 30.3 Å². The Labute approximate surface area is 239 Å². The molecule has 1 unspecified atom stereocenters. The highest BCUT2D eigenvalue weighted by atomic mass is 32.3. The van der Waals surface area contributed by atoms with Crippen molar-refractivity contribution in [2.45, 2.75) is 39.0 Å². The third-order valence-corrected chi connectivity index (χ3v) is 9.56. The maximum Gasteiger partial charge on any atom is 0.256 e. The summed E-state index contributed by atoms with van der Waals surface area (Å²) in [6, 6.07) is 6.54. The number of hydrogen-bond acceptors (Lipinski definition) is 6. The molecule has 4 N–H and O–H groups in total. The molecule has 1 atom stereocenters. The number of carbonyl (C=O) groups excluding carboxylic acids is 1. The van der Waals surface area contributed by atoms with Crippen LogP contribution >= 0.6 is 10.6 Å². The number of nitrogens with one attached hydrogen (secondary N) is 1. The van der Waals surface area contributed by atoms with E-state index in [-0.39, 0.29) is 17.5 Å². The molecular formula is C31H42N4O4S. The zero-order chi connectivity index (χ0) is 29.0. The van der Waals surface area contributed by atoms with Crippen molar-refractivity contribution in [2.75, 3.05) is 39.0 Å². The van der Waals surface area contributed by atoms with Crippen molar-refractivity contribution in [3.05, 3.63) is 76.7 Å². The van der Waals surface area contributed by atoms with Gasteiger partial charge in [0.1, 0.15) is 0 Å². The topological polar surface area (TPSA) is 112 Å². The smallest absolute Gasteiger partial charge is 0.256 e. The summed E-state index contributed by atoms with van der Waals surface area (Å²) in [6.45, 7) is 11.1. The van der Waals surface area contributed by atoms with Crippen LogP contribution in [0.1, 0.15) is 39.7 Å². The number of aromatic hydroxyl groups is 1. The Balaban J connectivity index is 1.62. The SMILES string of the molecule is CC1=NC(=Cc2ccc(S(O)(O)CC3=CCC(C(C)C)C=C3)ccc[nH]c2O)C(C)=C1C(=O)N1CCN(C)CC1. The van der Waals surface area contributed by atoms with E-state index in [2.05, 4.69) is 47.9 Å². The zero-order valence-corrected chi connectivity index (χ0v) is 24.9. The van der Waals surface area contributed by atoms with Gasteiger partial charge in [0, 0.05) is 37.9 Å². The zero-order valence-electron chi connectivity index (χ0n) is 24.1. The molecule has 9 heteroatoms.